The Morgan fingerprint density at radius 1 is 0.897 bits per heavy atom. The first-order valence-corrected chi connectivity index (χ1v) is 14.0. The minimum atomic E-state index is 0.274. The molecule has 1 heterocycles. The zero-order valence-corrected chi connectivity index (χ0v) is 23.4. The number of benzene rings is 4. The van der Waals surface area contributed by atoms with Crippen LogP contribution in [0.15, 0.2) is 96.0 Å². The van der Waals surface area contributed by atoms with Crippen molar-refractivity contribution in [1.29, 1.82) is 0 Å². The predicted molar refractivity (Wildman–Crippen MR) is 163 cm³/mol. The first-order valence-electron chi connectivity index (χ1n) is 13.6. The summed E-state index contributed by atoms with van der Waals surface area (Å²) in [5, 5.41) is 4.48. The van der Waals surface area contributed by atoms with Gasteiger partial charge >= 0.3 is 0 Å². The van der Waals surface area contributed by atoms with Gasteiger partial charge in [-0.2, -0.15) is 0 Å². The first-order chi connectivity index (χ1) is 18.9. The second-order valence-electron chi connectivity index (χ2n) is 10.9. The van der Waals surface area contributed by atoms with Gasteiger partial charge in [0.15, 0.2) is 0 Å². The topological polar surface area (TPSA) is 33.6 Å². The zero-order valence-electron chi connectivity index (χ0n) is 22.6. The fraction of sp³-hybridized carbons (Fsp3) is 0.229. The van der Waals surface area contributed by atoms with E-state index in [1.807, 2.05) is 24.4 Å². The van der Waals surface area contributed by atoms with E-state index in [1.54, 1.807) is 0 Å². The Kier molecular flexibility index (Phi) is 7.01. The van der Waals surface area contributed by atoms with Crippen LogP contribution >= 0.6 is 11.6 Å². The zero-order chi connectivity index (χ0) is 26.9. The minimum Gasteiger partial charge on any atom is -0.488 e. The summed E-state index contributed by atoms with van der Waals surface area (Å²) in [6.45, 7) is 6.88. The number of nitrogens with one attached hydrogen (secondary N) is 1. The number of ether oxygens (including phenoxy) is 1. The maximum atomic E-state index is 6.32. The molecule has 0 amide bonds. The molecule has 0 aromatic heterocycles. The fourth-order valence-electron chi connectivity index (χ4n) is 6.02. The summed E-state index contributed by atoms with van der Waals surface area (Å²) >= 11 is 6.32. The van der Waals surface area contributed by atoms with E-state index >= 15 is 0 Å². The third-order valence-electron chi connectivity index (χ3n) is 7.77. The van der Waals surface area contributed by atoms with Gasteiger partial charge in [0, 0.05) is 28.4 Å². The van der Waals surface area contributed by atoms with Crippen LogP contribution in [-0.2, 0) is 6.61 Å². The molecule has 6 rings (SSSR count). The number of anilines is 1. The van der Waals surface area contributed by atoms with Gasteiger partial charge in [0.05, 0.1) is 11.7 Å². The molecule has 0 radical (unpaired) electrons. The van der Waals surface area contributed by atoms with Crippen molar-refractivity contribution in [2.75, 3.05) is 5.32 Å². The van der Waals surface area contributed by atoms with Crippen molar-refractivity contribution in [3.05, 3.63) is 135 Å². The molecule has 4 heteroatoms. The van der Waals surface area contributed by atoms with Crippen molar-refractivity contribution >= 4 is 29.2 Å². The first kappa shape index (κ1) is 25.5. The Labute approximate surface area is 236 Å². The van der Waals surface area contributed by atoms with E-state index in [2.05, 4.69) is 98.9 Å². The molecule has 39 heavy (non-hydrogen) atoms. The summed E-state index contributed by atoms with van der Waals surface area (Å²) in [5.41, 5.74) is 10.6. The molecule has 0 spiro atoms. The van der Waals surface area contributed by atoms with Gasteiger partial charge in [-0.3, -0.25) is 4.99 Å². The van der Waals surface area contributed by atoms with E-state index in [4.69, 9.17) is 21.3 Å². The second kappa shape index (κ2) is 10.7. The van der Waals surface area contributed by atoms with E-state index in [9.17, 15) is 0 Å². The van der Waals surface area contributed by atoms with E-state index in [0.717, 1.165) is 29.0 Å². The summed E-state index contributed by atoms with van der Waals surface area (Å²) in [4.78, 5) is 4.76. The highest BCUT2D eigenvalue weighted by Gasteiger charge is 2.37. The van der Waals surface area contributed by atoms with Gasteiger partial charge in [0.1, 0.15) is 12.4 Å². The lowest BCUT2D eigenvalue weighted by Crippen LogP contribution is -2.29. The van der Waals surface area contributed by atoms with Crippen molar-refractivity contribution < 1.29 is 4.74 Å². The average Bonchev–Trinajstić information content (AvgIpc) is 3.41. The van der Waals surface area contributed by atoms with Gasteiger partial charge in [0.2, 0.25) is 0 Å². The lowest BCUT2D eigenvalue weighted by atomic mass is 9.76. The average molecular weight is 533 g/mol. The van der Waals surface area contributed by atoms with E-state index in [-0.39, 0.29) is 6.04 Å². The molecule has 0 bridgehead atoms. The molecular formula is C35H33ClN2O. The van der Waals surface area contributed by atoms with Crippen molar-refractivity contribution in [2.45, 2.75) is 45.8 Å². The van der Waals surface area contributed by atoms with Crippen molar-refractivity contribution in [3.8, 4) is 5.75 Å². The number of hydrogen-bond acceptors (Lipinski definition) is 3. The minimum absolute atomic E-state index is 0.274. The van der Waals surface area contributed by atoms with Crippen LogP contribution < -0.4 is 10.1 Å². The molecule has 4 aromatic carbocycles. The van der Waals surface area contributed by atoms with Crippen LogP contribution in [0.1, 0.15) is 57.3 Å². The molecule has 3 nitrogen and oxygen atoms in total. The van der Waals surface area contributed by atoms with Crippen LogP contribution in [0, 0.1) is 26.7 Å². The van der Waals surface area contributed by atoms with Crippen molar-refractivity contribution in [3.63, 3.8) is 0 Å². The number of fused-ring (bicyclic) bond motifs is 3. The molecule has 196 valence electrons. The number of hydrogen-bond donors (Lipinski definition) is 1. The highest BCUT2D eigenvalue weighted by atomic mass is 35.5. The molecule has 2 aliphatic rings. The van der Waals surface area contributed by atoms with Gasteiger partial charge in [0.25, 0.3) is 0 Å². The van der Waals surface area contributed by atoms with Gasteiger partial charge in [-0.15, -0.1) is 0 Å². The Morgan fingerprint density at radius 2 is 1.69 bits per heavy atom. The number of nitrogens with zero attached hydrogens (tertiary/aromatic N) is 1. The SMILES string of the molecule is Cc1cc(C)cc(COc2ccc(Cl)cc2C=Nc2ccc([C@@H]3Nc4ccc(C)cc4[C@H]4C=CC[C@@H]43)cc2)c1. The molecule has 1 N–H and O–H groups in total. The molecule has 1 aliphatic carbocycles. The smallest absolute Gasteiger partial charge is 0.128 e. The maximum absolute atomic E-state index is 6.32. The Hall–Kier alpha value is -3.82. The standard InChI is InChI=1S/C35H33ClN2O/c1-22-7-13-33-32(18-22)30-5-4-6-31(30)35(38-33)26-8-11-29(12-9-26)37-20-27-19-28(36)10-14-34(27)39-21-25-16-23(2)15-24(3)17-25/h4-5,7-20,30-31,35,38H,6,21H2,1-3H3/t30-,31-,35-/m0/s1. The van der Waals surface area contributed by atoms with Crippen LogP contribution in [0.2, 0.25) is 5.02 Å². The predicted octanol–water partition coefficient (Wildman–Crippen LogP) is 9.42. The molecule has 1 aliphatic heterocycles. The molecule has 0 unspecified atom stereocenters. The lowest BCUT2D eigenvalue weighted by molar-refractivity contribution is 0.305. The van der Waals surface area contributed by atoms with Crippen LogP contribution in [0.3, 0.4) is 0 Å². The summed E-state index contributed by atoms with van der Waals surface area (Å²) in [5.74, 6) is 1.75. The number of rotatable bonds is 6. The van der Waals surface area contributed by atoms with Gasteiger partial charge in [-0.25, -0.2) is 0 Å². The lowest BCUT2D eigenvalue weighted by Gasteiger charge is -2.37. The number of aliphatic imine (C=N–C) groups is 1. The van der Waals surface area contributed by atoms with E-state index < -0.39 is 0 Å². The monoisotopic (exact) mass is 532 g/mol. The third-order valence-corrected chi connectivity index (χ3v) is 8.01. The van der Waals surface area contributed by atoms with E-state index in [1.165, 1.54) is 33.5 Å². The quantitative estimate of drug-likeness (QED) is 0.198. The Balaban J connectivity index is 1.19. The Bertz CT molecular complexity index is 1550. The van der Waals surface area contributed by atoms with Gasteiger partial charge < -0.3 is 10.1 Å². The normalized spacial score (nSPS) is 19.5. The van der Waals surface area contributed by atoms with E-state index in [0.29, 0.717) is 23.5 Å². The maximum Gasteiger partial charge on any atom is 0.128 e. The summed E-state index contributed by atoms with van der Waals surface area (Å²) in [6.07, 6.45) is 7.66. The second-order valence-corrected chi connectivity index (χ2v) is 11.3. The Morgan fingerprint density at radius 3 is 2.49 bits per heavy atom. The number of halogens is 1. The van der Waals surface area contributed by atoms with Crippen LogP contribution in [-0.4, -0.2) is 6.21 Å². The molecule has 3 atom stereocenters. The summed E-state index contributed by atoms with van der Waals surface area (Å²) in [6, 6.07) is 27.8. The summed E-state index contributed by atoms with van der Waals surface area (Å²) in [7, 11) is 0. The molecule has 4 aromatic rings. The molecule has 0 fully saturated rings. The van der Waals surface area contributed by atoms with Gasteiger partial charge in [-0.1, -0.05) is 82.9 Å². The largest absolute Gasteiger partial charge is 0.488 e. The highest BCUT2D eigenvalue weighted by molar-refractivity contribution is 6.30. The van der Waals surface area contributed by atoms with Crippen LogP contribution in [0.4, 0.5) is 11.4 Å². The van der Waals surface area contributed by atoms with Crippen molar-refractivity contribution in [1.82, 2.24) is 0 Å². The summed E-state index contributed by atoms with van der Waals surface area (Å²) < 4.78 is 6.19. The molecule has 0 saturated carbocycles. The fourth-order valence-corrected chi connectivity index (χ4v) is 6.20. The molecular weight excluding hydrogens is 500 g/mol. The third kappa shape index (κ3) is 5.51. The van der Waals surface area contributed by atoms with Crippen LogP contribution in [0.25, 0.3) is 0 Å². The molecule has 0 saturated heterocycles. The van der Waals surface area contributed by atoms with Gasteiger partial charge in [-0.05, 0) is 86.2 Å². The van der Waals surface area contributed by atoms with Crippen molar-refractivity contribution in [2.24, 2.45) is 10.9 Å². The highest BCUT2D eigenvalue weighted by Crippen LogP contribution is 2.50. The number of aryl methyl sites for hydroxylation is 3. The van der Waals surface area contributed by atoms with Crippen LogP contribution in [0.5, 0.6) is 5.75 Å². The number of allylic oxidation sites excluding steroid dienone is 2.